The summed E-state index contributed by atoms with van der Waals surface area (Å²) in [6.45, 7) is 11.5. The molecule has 0 radical (unpaired) electrons. The molecule has 4 heteroatoms. The van der Waals surface area contributed by atoms with Gasteiger partial charge in [0.15, 0.2) is 0 Å². The van der Waals surface area contributed by atoms with Crippen molar-refractivity contribution in [2.45, 2.75) is 60.3 Å². The second-order valence-corrected chi connectivity index (χ2v) is 7.04. The smallest absolute Gasteiger partial charge is 0.310 e. The molecule has 1 aliphatic heterocycles. The molecular weight excluding hydrogens is 266 g/mol. The van der Waals surface area contributed by atoms with E-state index in [4.69, 9.17) is 0 Å². The summed E-state index contributed by atoms with van der Waals surface area (Å²) in [6, 6.07) is 0. The molecule has 0 saturated heterocycles. The van der Waals surface area contributed by atoms with Crippen LogP contribution in [0.2, 0.25) is 0 Å². The van der Waals surface area contributed by atoms with Gasteiger partial charge in [0.2, 0.25) is 5.91 Å². The van der Waals surface area contributed by atoms with Crippen molar-refractivity contribution in [3.05, 3.63) is 11.6 Å². The van der Waals surface area contributed by atoms with Crippen molar-refractivity contribution >= 4 is 11.9 Å². The predicted octanol–water partition coefficient (Wildman–Crippen LogP) is 3.47. The zero-order valence-electron chi connectivity index (χ0n) is 14.0. The maximum atomic E-state index is 12.4. The Kier molecular flexibility index (Phi) is 5.60. The molecule has 0 saturated carbocycles. The molecule has 0 aromatic rings. The van der Waals surface area contributed by atoms with Gasteiger partial charge < -0.3 is 10.0 Å². The first-order valence-corrected chi connectivity index (χ1v) is 7.87. The van der Waals surface area contributed by atoms with Crippen molar-refractivity contribution in [1.82, 2.24) is 4.90 Å². The van der Waals surface area contributed by atoms with Crippen molar-refractivity contribution < 1.29 is 14.7 Å². The lowest BCUT2D eigenvalue weighted by Gasteiger charge is -2.34. The van der Waals surface area contributed by atoms with Crippen LogP contribution in [0.3, 0.4) is 0 Å². The highest BCUT2D eigenvalue weighted by Crippen LogP contribution is 2.33. The summed E-state index contributed by atoms with van der Waals surface area (Å²) >= 11 is 0. The average Bonchev–Trinajstić information content (AvgIpc) is 2.43. The van der Waals surface area contributed by atoms with Crippen molar-refractivity contribution in [2.75, 3.05) is 13.1 Å². The molecule has 0 fully saturated rings. The standard InChI is InChI=1S/C17H29NO3/c1-6-17(7-2,15(20)21)12-14(19)18-10-8-13(9-11-18)16(3,4)5/h8H,6-7,9-12H2,1-5H3,(H,20,21). The number of carboxylic acids is 1. The molecule has 0 bridgehead atoms. The molecule has 1 amide bonds. The summed E-state index contributed by atoms with van der Waals surface area (Å²) in [6.07, 6.45) is 4.09. The van der Waals surface area contributed by atoms with Crippen LogP contribution >= 0.6 is 0 Å². The fourth-order valence-corrected chi connectivity index (χ4v) is 2.86. The highest BCUT2D eigenvalue weighted by Gasteiger charge is 2.38. The molecule has 21 heavy (non-hydrogen) atoms. The summed E-state index contributed by atoms with van der Waals surface area (Å²) in [5, 5.41) is 9.44. The van der Waals surface area contributed by atoms with Gasteiger partial charge in [-0.2, -0.15) is 0 Å². The largest absolute Gasteiger partial charge is 0.481 e. The number of carbonyl (C=O) groups is 2. The van der Waals surface area contributed by atoms with Crippen molar-refractivity contribution in [1.29, 1.82) is 0 Å². The van der Waals surface area contributed by atoms with Crippen LogP contribution in [0.1, 0.15) is 60.3 Å². The Balaban J connectivity index is 2.75. The van der Waals surface area contributed by atoms with E-state index in [1.165, 1.54) is 5.57 Å². The summed E-state index contributed by atoms with van der Waals surface area (Å²) in [5.74, 6) is -0.894. The third kappa shape index (κ3) is 4.08. The number of hydrogen-bond acceptors (Lipinski definition) is 2. The van der Waals surface area contributed by atoms with Gasteiger partial charge in [0.1, 0.15) is 0 Å². The van der Waals surface area contributed by atoms with Gasteiger partial charge in [-0.25, -0.2) is 0 Å². The van der Waals surface area contributed by atoms with Gasteiger partial charge in [0, 0.05) is 19.5 Å². The summed E-state index contributed by atoms with van der Waals surface area (Å²) in [4.78, 5) is 25.7. The lowest BCUT2D eigenvalue weighted by molar-refractivity contribution is -0.154. The number of carbonyl (C=O) groups excluding carboxylic acids is 1. The second-order valence-electron chi connectivity index (χ2n) is 7.04. The van der Waals surface area contributed by atoms with Gasteiger partial charge in [0.25, 0.3) is 0 Å². The first-order chi connectivity index (χ1) is 9.66. The van der Waals surface area contributed by atoms with Crippen LogP contribution in [0.15, 0.2) is 11.6 Å². The Bertz CT molecular complexity index is 428. The molecule has 4 nitrogen and oxygen atoms in total. The van der Waals surface area contributed by atoms with E-state index in [0.29, 0.717) is 25.9 Å². The average molecular weight is 295 g/mol. The molecule has 0 aromatic carbocycles. The molecule has 1 rings (SSSR count). The lowest BCUT2D eigenvalue weighted by atomic mass is 9.78. The minimum absolute atomic E-state index is 0.0368. The van der Waals surface area contributed by atoms with E-state index in [1.807, 2.05) is 13.8 Å². The van der Waals surface area contributed by atoms with Crippen LogP contribution in [0, 0.1) is 10.8 Å². The molecule has 0 atom stereocenters. The number of amides is 1. The summed E-state index contributed by atoms with van der Waals surface area (Å²) < 4.78 is 0. The Hall–Kier alpha value is -1.32. The summed E-state index contributed by atoms with van der Waals surface area (Å²) in [7, 11) is 0. The Morgan fingerprint density at radius 1 is 1.24 bits per heavy atom. The zero-order chi connectivity index (χ0) is 16.3. The Morgan fingerprint density at radius 3 is 2.14 bits per heavy atom. The van der Waals surface area contributed by atoms with E-state index in [1.54, 1.807) is 4.90 Å². The van der Waals surface area contributed by atoms with Gasteiger partial charge in [-0.05, 0) is 24.7 Å². The maximum Gasteiger partial charge on any atom is 0.310 e. The molecular formula is C17H29NO3. The third-order valence-corrected chi connectivity index (χ3v) is 4.82. The fraction of sp³-hybridized carbons (Fsp3) is 0.765. The summed E-state index contributed by atoms with van der Waals surface area (Å²) in [5.41, 5.74) is 0.611. The number of rotatable bonds is 5. The van der Waals surface area contributed by atoms with E-state index >= 15 is 0 Å². The monoisotopic (exact) mass is 295 g/mol. The normalized spacial score (nSPS) is 16.6. The van der Waals surface area contributed by atoms with Crippen LogP contribution < -0.4 is 0 Å². The second kappa shape index (κ2) is 6.63. The van der Waals surface area contributed by atoms with Gasteiger partial charge in [-0.3, -0.25) is 9.59 Å². The van der Waals surface area contributed by atoms with E-state index in [-0.39, 0.29) is 17.7 Å². The molecule has 1 heterocycles. The van der Waals surface area contributed by atoms with Crippen molar-refractivity contribution in [3.63, 3.8) is 0 Å². The molecule has 0 spiro atoms. The molecule has 0 unspecified atom stereocenters. The van der Waals surface area contributed by atoms with E-state index in [0.717, 1.165) is 6.42 Å². The topological polar surface area (TPSA) is 57.6 Å². The molecule has 1 N–H and O–H groups in total. The van der Waals surface area contributed by atoms with Crippen LogP contribution in [0.5, 0.6) is 0 Å². The van der Waals surface area contributed by atoms with Gasteiger partial charge in [-0.15, -0.1) is 0 Å². The number of aliphatic carboxylic acids is 1. The highest BCUT2D eigenvalue weighted by atomic mass is 16.4. The number of nitrogens with zero attached hydrogens (tertiary/aromatic N) is 1. The van der Waals surface area contributed by atoms with Gasteiger partial charge in [0.05, 0.1) is 5.41 Å². The van der Waals surface area contributed by atoms with Crippen molar-refractivity contribution in [2.24, 2.45) is 10.8 Å². The lowest BCUT2D eigenvalue weighted by Crippen LogP contribution is -2.41. The molecule has 0 aliphatic carbocycles. The zero-order valence-corrected chi connectivity index (χ0v) is 14.0. The van der Waals surface area contributed by atoms with Crippen LogP contribution in [0.25, 0.3) is 0 Å². The fourth-order valence-electron chi connectivity index (χ4n) is 2.86. The Morgan fingerprint density at radius 2 is 1.81 bits per heavy atom. The predicted molar refractivity (Wildman–Crippen MR) is 84.0 cm³/mol. The maximum absolute atomic E-state index is 12.4. The number of hydrogen-bond donors (Lipinski definition) is 1. The van der Waals surface area contributed by atoms with E-state index in [9.17, 15) is 14.7 Å². The molecule has 0 aromatic heterocycles. The Labute approximate surface area is 128 Å². The van der Waals surface area contributed by atoms with Gasteiger partial charge >= 0.3 is 5.97 Å². The highest BCUT2D eigenvalue weighted by molar-refractivity contribution is 5.85. The number of carboxylic acid groups (broad SMARTS) is 1. The van der Waals surface area contributed by atoms with Crippen LogP contribution in [-0.2, 0) is 9.59 Å². The van der Waals surface area contributed by atoms with E-state index < -0.39 is 11.4 Å². The SMILES string of the molecule is CCC(CC)(CC(=O)N1CC=C(C(C)(C)C)CC1)C(=O)O. The first-order valence-electron chi connectivity index (χ1n) is 7.87. The van der Waals surface area contributed by atoms with Gasteiger partial charge in [-0.1, -0.05) is 46.3 Å². The van der Waals surface area contributed by atoms with Crippen LogP contribution in [0.4, 0.5) is 0 Å². The molecule has 120 valence electrons. The van der Waals surface area contributed by atoms with Crippen LogP contribution in [-0.4, -0.2) is 35.0 Å². The molecule has 1 aliphatic rings. The first kappa shape index (κ1) is 17.7. The quantitative estimate of drug-likeness (QED) is 0.790. The van der Waals surface area contributed by atoms with Crippen molar-refractivity contribution in [3.8, 4) is 0 Å². The minimum atomic E-state index is -0.912. The third-order valence-electron chi connectivity index (χ3n) is 4.82. The minimum Gasteiger partial charge on any atom is -0.481 e. The van der Waals surface area contributed by atoms with E-state index in [2.05, 4.69) is 26.8 Å².